The van der Waals surface area contributed by atoms with E-state index < -0.39 is 5.41 Å². The van der Waals surface area contributed by atoms with Gasteiger partial charge in [-0.15, -0.1) is 0 Å². The summed E-state index contributed by atoms with van der Waals surface area (Å²) in [6.45, 7) is 3.96. The second-order valence-electron chi connectivity index (χ2n) is 6.16. The molecule has 118 valence electrons. The van der Waals surface area contributed by atoms with E-state index >= 15 is 0 Å². The standard InChI is InChI=1S/C18H18N2O3/c1-18(2)11-23-15-9-8-13(10-14(15)20-17(18)22)19-16(21)12-6-4-3-5-7-12/h3-10H,11H2,1-2H3,(H,19,21)(H,20,22). The second kappa shape index (κ2) is 5.76. The zero-order valence-corrected chi connectivity index (χ0v) is 13.1. The molecular formula is C18H18N2O3. The second-order valence-corrected chi connectivity index (χ2v) is 6.16. The van der Waals surface area contributed by atoms with Crippen LogP contribution in [0.1, 0.15) is 24.2 Å². The third-order valence-corrected chi connectivity index (χ3v) is 3.72. The SMILES string of the molecule is CC1(C)COc2ccc(NC(=O)c3ccccc3)cc2NC1=O. The number of rotatable bonds is 2. The number of carbonyl (C=O) groups is 2. The molecule has 0 saturated heterocycles. The van der Waals surface area contributed by atoms with Gasteiger partial charge in [0, 0.05) is 11.3 Å². The summed E-state index contributed by atoms with van der Waals surface area (Å²) in [4.78, 5) is 24.4. The van der Waals surface area contributed by atoms with Gasteiger partial charge < -0.3 is 15.4 Å². The summed E-state index contributed by atoms with van der Waals surface area (Å²) >= 11 is 0. The fourth-order valence-corrected chi connectivity index (χ4v) is 2.24. The van der Waals surface area contributed by atoms with Crippen LogP contribution in [0.4, 0.5) is 11.4 Å². The highest BCUT2D eigenvalue weighted by molar-refractivity contribution is 6.05. The maximum absolute atomic E-state index is 12.2. The fourth-order valence-electron chi connectivity index (χ4n) is 2.24. The van der Waals surface area contributed by atoms with Crippen LogP contribution < -0.4 is 15.4 Å². The molecule has 2 amide bonds. The summed E-state index contributed by atoms with van der Waals surface area (Å²) in [7, 11) is 0. The van der Waals surface area contributed by atoms with Crippen molar-refractivity contribution in [3.63, 3.8) is 0 Å². The maximum atomic E-state index is 12.2. The zero-order chi connectivity index (χ0) is 16.4. The minimum atomic E-state index is -0.605. The maximum Gasteiger partial charge on any atom is 0.255 e. The van der Waals surface area contributed by atoms with Crippen molar-refractivity contribution in [1.29, 1.82) is 0 Å². The van der Waals surface area contributed by atoms with Crippen LogP contribution in [-0.2, 0) is 4.79 Å². The molecule has 0 aromatic heterocycles. The van der Waals surface area contributed by atoms with E-state index in [2.05, 4.69) is 10.6 Å². The van der Waals surface area contributed by atoms with Gasteiger partial charge in [0.2, 0.25) is 5.91 Å². The van der Waals surface area contributed by atoms with Crippen LogP contribution in [0.25, 0.3) is 0 Å². The van der Waals surface area contributed by atoms with E-state index in [-0.39, 0.29) is 11.8 Å². The Kier molecular flexibility index (Phi) is 3.78. The van der Waals surface area contributed by atoms with E-state index in [0.29, 0.717) is 29.3 Å². The molecular weight excluding hydrogens is 292 g/mol. The topological polar surface area (TPSA) is 67.4 Å². The molecule has 0 fully saturated rings. The monoisotopic (exact) mass is 310 g/mol. The summed E-state index contributed by atoms with van der Waals surface area (Å²) in [5, 5.41) is 5.67. The van der Waals surface area contributed by atoms with E-state index in [1.807, 2.05) is 32.0 Å². The van der Waals surface area contributed by atoms with Crippen LogP contribution >= 0.6 is 0 Å². The minimum Gasteiger partial charge on any atom is -0.490 e. The number of hydrogen-bond donors (Lipinski definition) is 2. The Morgan fingerprint density at radius 2 is 1.91 bits per heavy atom. The third-order valence-electron chi connectivity index (χ3n) is 3.72. The molecule has 2 aromatic rings. The van der Waals surface area contributed by atoms with E-state index in [1.165, 1.54) is 0 Å². The van der Waals surface area contributed by atoms with Crippen LogP contribution in [0.2, 0.25) is 0 Å². The van der Waals surface area contributed by atoms with Crippen molar-refractivity contribution in [2.24, 2.45) is 5.41 Å². The first-order chi connectivity index (χ1) is 11.0. The van der Waals surface area contributed by atoms with Gasteiger partial charge in [-0.25, -0.2) is 0 Å². The van der Waals surface area contributed by atoms with Crippen LogP contribution in [0.15, 0.2) is 48.5 Å². The summed E-state index contributed by atoms with van der Waals surface area (Å²) in [6.07, 6.45) is 0. The van der Waals surface area contributed by atoms with Gasteiger partial charge in [-0.3, -0.25) is 9.59 Å². The summed E-state index contributed by atoms with van der Waals surface area (Å²) in [6, 6.07) is 14.2. The van der Waals surface area contributed by atoms with Crippen molar-refractivity contribution in [3.05, 3.63) is 54.1 Å². The smallest absolute Gasteiger partial charge is 0.255 e. The van der Waals surface area contributed by atoms with E-state index in [4.69, 9.17) is 4.74 Å². The first-order valence-electron chi connectivity index (χ1n) is 7.40. The average Bonchev–Trinajstić information content (AvgIpc) is 2.65. The number of hydrogen-bond acceptors (Lipinski definition) is 3. The van der Waals surface area contributed by atoms with E-state index in [9.17, 15) is 9.59 Å². The van der Waals surface area contributed by atoms with Crippen molar-refractivity contribution in [2.45, 2.75) is 13.8 Å². The molecule has 0 unspecified atom stereocenters. The Morgan fingerprint density at radius 1 is 1.17 bits per heavy atom. The van der Waals surface area contributed by atoms with Crippen molar-refractivity contribution >= 4 is 23.2 Å². The predicted molar refractivity (Wildman–Crippen MR) is 88.7 cm³/mol. The first-order valence-corrected chi connectivity index (χ1v) is 7.40. The molecule has 0 spiro atoms. The average molecular weight is 310 g/mol. The molecule has 1 aliphatic heterocycles. The molecule has 0 radical (unpaired) electrons. The van der Waals surface area contributed by atoms with Crippen LogP contribution in [0.3, 0.4) is 0 Å². The highest BCUT2D eigenvalue weighted by atomic mass is 16.5. The van der Waals surface area contributed by atoms with E-state index in [0.717, 1.165) is 0 Å². The normalized spacial score (nSPS) is 15.7. The number of nitrogens with one attached hydrogen (secondary N) is 2. The highest BCUT2D eigenvalue weighted by Crippen LogP contribution is 2.34. The Hall–Kier alpha value is -2.82. The third kappa shape index (κ3) is 3.18. The van der Waals surface area contributed by atoms with Gasteiger partial charge in [0.05, 0.1) is 11.1 Å². The van der Waals surface area contributed by atoms with Crippen LogP contribution in [0, 0.1) is 5.41 Å². The lowest BCUT2D eigenvalue weighted by atomic mass is 9.94. The number of ether oxygens (including phenoxy) is 1. The molecule has 23 heavy (non-hydrogen) atoms. The van der Waals surface area contributed by atoms with E-state index in [1.54, 1.807) is 30.3 Å². The molecule has 0 saturated carbocycles. The van der Waals surface area contributed by atoms with Crippen LogP contribution in [-0.4, -0.2) is 18.4 Å². The Balaban J connectivity index is 1.82. The van der Waals surface area contributed by atoms with Crippen LogP contribution in [0.5, 0.6) is 5.75 Å². The largest absolute Gasteiger partial charge is 0.490 e. The number of amides is 2. The molecule has 5 nitrogen and oxygen atoms in total. The van der Waals surface area contributed by atoms with Gasteiger partial charge >= 0.3 is 0 Å². The molecule has 3 rings (SSSR count). The Bertz CT molecular complexity index is 754. The quantitative estimate of drug-likeness (QED) is 0.894. The number of anilines is 2. The first kappa shape index (κ1) is 15.1. The molecule has 2 aromatic carbocycles. The zero-order valence-electron chi connectivity index (χ0n) is 13.1. The summed E-state index contributed by atoms with van der Waals surface area (Å²) in [5.41, 5.74) is 1.13. The minimum absolute atomic E-state index is 0.109. The summed E-state index contributed by atoms with van der Waals surface area (Å²) < 4.78 is 5.68. The van der Waals surface area contributed by atoms with Crippen molar-refractivity contribution in [3.8, 4) is 5.75 Å². The summed E-state index contributed by atoms with van der Waals surface area (Å²) in [5.74, 6) is 0.288. The molecule has 5 heteroatoms. The van der Waals surface area contributed by atoms with Gasteiger partial charge in [-0.2, -0.15) is 0 Å². The highest BCUT2D eigenvalue weighted by Gasteiger charge is 2.32. The fraction of sp³-hybridized carbons (Fsp3) is 0.222. The predicted octanol–water partition coefficient (Wildman–Crippen LogP) is 3.30. The molecule has 2 N–H and O–H groups in total. The lowest BCUT2D eigenvalue weighted by Gasteiger charge is -2.18. The van der Waals surface area contributed by atoms with Gasteiger partial charge in [-0.1, -0.05) is 18.2 Å². The van der Waals surface area contributed by atoms with Crippen molar-refractivity contribution in [2.75, 3.05) is 17.2 Å². The molecule has 0 atom stereocenters. The molecule has 0 aliphatic carbocycles. The van der Waals surface area contributed by atoms with Gasteiger partial charge in [0.15, 0.2) is 0 Å². The lowest BCUT2D eigenvalue weighted by Crippen LogP contribution is -2.33. The van der Waals surface area contributed by atoms with Crippen molar-refractivity contribution < 1.29 is 14.3 Å². The van der Waals surface area contributed by atoms with Gasteiger partial charge in [-0.05, 0) is 44.2 Å². The van der Waals surface area contributed by atoms with Gasteiger partial charge in [0.25, 0.3) is 5.91 Å². The molecule has 0 bridgehead atoms. The lowest BCUT2D eigenvalue weighted by molar-refractivity contribution is -0.124. The molecule has 1 heterocycles. The molecule has 1 aliphatic rings. The van der Waals surface area contributed by atoms with Crippen molar-refractivity contribution in [1.82, 2.24) is 0 Å². The number of benzene rings is 2. The number of fused-ring (bicyclic) bond motifs is 1. The van der Waals surface area contributed by atoms with Gasteiger partial charge in [0.1, 0.15) is 12.4 Å². The Labute approximate surface area is 134 Å². The Morgan fingerprint density at radius 3 is 2.65 bits per heavy atom. The number of carbonyl (C=O) groups excluding carboxylic acids is 2.